The van der Waals surface area contributed by atoms with Crippen molar-refractivity contribution >= 4 is 17.7 Å². The minimum Gasteiger partial charge on any atom is -0.444 e. The lowest BCUT2D eigenvalue weighted by Crippen LogP contribution is -2.35. The van der Waals surface area contributed by atoms with Crippen LogP contribution in [0.3, 0.4) is 0 Å². The number of nitrogens with zero attached hydrogens (tertiary/aromatic N) is 1. The largest absolute Gasteiger partial charge is 0.444 e. The molecule has 3 rings (SSSR count). The molecule has 1 aromatic rings. The van der Waals surface area contributed by atoms with E-state index in [2.05, 4.69) is 5.32 Å². The molecule has 1 aromatic carbocycles. The van der Waals surface area contributed by atoms with Crippen LogP contribution in [-0.2, 0) is 20.9 Å². The fourth-order valence-electron chi connectivity index (χ4n) is 3.49. The van der Waals surface area contributed by atoms with Gasteiger partial charge in [-0.2, -0.15) is 0 Å². The molecule has 1 heterocycles. The van der Waals surface area contributed by atoms with Gasteiger partial charge in [0.05, 0.1) is 6.61 Å². The second-order valence-electron chi connectivity index (χ2n) is 9.33. The van der Waals surface area contributed by atoms with Gasteiger partial charge < -0.3 is 19.7 Å². The smallest absolute Gasteiger partial charge is 0.410 e. The zero-order valence-corrected chi connectivity index (χ0v) is 17.9. The zero-order valence-electron chi connectivity index (χ0n) is 17.9. The molecule has 0 bridgehead atoms. The first-order valence-electron chi connectivity index (χ1n) is 10.7. The number of carbonyl (C=O) groups excluding carboxylic acids is 2. The monoisotopic (exact) mass is 402 g/mol. The Morgan fingerprint density at radius 3 is 2.69 bits per heavy atom. The molecule has 2 aliphatic rings. The van der Waals surface area contributed by atoms with Crippen LogP contribution in [-0.4, -0.2) is 42.2 Å². The molecule has 1 saturated carbocycles. The molecular weight excluding hydrogens is 368 g/mol. The molecule has 0 unspecified atom stereocenters. The van der Waals surface area contributed by atoms with Crippen molar-refractivity contribution in [2.24, 2.45) is 11.8 Å². The van der Waals surface area contributed by atoms with E-state index in [9.17, 15) is 9.59 Å². The van der Waals surface area contributed by atoms with Gasteiger partial charge >= 0.3 is 6.09 Å². The summed E-state index contributed by atoms with van der Waals surface area (Å²) in [6.07, 6.45) is 4.45. The molecule has 6 nitrogen and oxygen atoms in total. The highest BCUT2D eigenvalue weighted by atomic mass is 16.6. The van der Waals surface area contributed by atoms with E-state index in [1.165, 1.54) is 12.8 Å². The molecule has 0 aromatic heterocycles. The van der Waals surface area contributed by atoms with Gasteiger partial charge in [-0.25, -0.2) is 4.79 Å². The van der Waals surface area contributed by atoms with Crippen LogP contribution in [0.4, 0.5) is 10.5 Å². The zero-order chi connectivity index (χ0) is 20.9. The minimum absolute atomic E-state index is 0.0109. The molecule has 1 aliphatic carbocycles. The van der Waals surface area contributed by atoms with Gasteiger partial charge in [-0.15, -0.1) is 0 Å². The molecule has 1 N–H and O–H groups in total. The summed E-state index contributed by atoms with van der Waals surface area (Å²) in [4.78, 5) is 26.2. The van der Waals surface area contributed by atoms with Crippen LogP contribution < -0.4 is 5.32 Å². The number of benzene rings is 1. The summed E-state index contributed by atoms with van der Waals surface area (Å²) < 4.78 is 11.2. The average Bonchev–Trinajstić information content (AvgIpc) is 3.33. The topological polar surface area (TPSA) is 67.9 Å². The number of hydrogen-bond acceptors (Lipinski definition) is 4. The van der Waals surface area contributed by atoms with E-state index >= 15 is 0 Å². The number of likely N-dealkylation sites (tertiary alicyclic amines) is 1. The van der Waals surface area contributed by atoms with Crippen LogP contribution >= 0.6 is 0 Å². The van der Waals surface area contributed by atoms with Gasteiger partial charge in [0, 0.05) is 31.8 Å². The van der Waals surface area contributed by atoms with Crippen LogP contribution in [0.2, 0.25) is 0 Å². The number of carbonyl (C=O) groups is 2. The quantitative estimate of drug-likeness (QED) is 0.691. The van der Waals surface area contributed by atoms with E-state index in [-0.39, 0.29) is 12.0 Å². The highest BCUT2D eigenvalue weighted by Crippen LogP contribution is 2.29. The Balaban J connectivity index is 1.37. The minimum atomic E-state index is -0.480. The van der Waals surface area contributed by atoms with Gasteiger partial charge in [0.15, 0.2) is 0 Å². The number of anilines is 1. The third-order valence-corrected chi connectivity index (χ3v) is 5.25. The first-order chi connectivity index (χ1) is 13.8. The van der Waals surface area contributed by atoms with Crippen LogP contribution in [0.1, 0.15) is 58.4 Å². The van der Waals surface area contributed by atoms with Crippen molar-refractivity contribution in [3.8, 4) is 0 Å². The van der Waals surface area contributed by atoms with Crippen LogP contribution in [0.25, 0.3) is 0 Å². The normalized spacial score (nSPS) is 19.3. The summed E-state index contributed by atoms with van der Waals surface area (Å²) in [5.41, 5.74) is 1.41. The molecular formula is C23H34N2O4. The van der Waals surface area contributed by atoms with Gasteiger partial charge in [0.1, 0.15) is 5.60 Å². The number of hydrogen-bond donors (Lipinski definition) is 1. The Morgan fingerprint density at radius 2 is 1.97 bits per heavy atom. The Hall–Kier alpha value is -2.08. The number of rotatable bonds is 8. The van der Waals surface area contributed by atoms with E-state index in [4.69, 9.17) is 9.47 Å². The fourth-order valence-corrected chi connectivity index (χ4v) is 3.49. The van der Waals surface area contributed by atoms with E-state index in [0.717, 1.165) is 36.6 Å². The van der Waals surface area contributed by atoms with Crippen LogP contribution in [0, 0.1) is 11.8 Å². The van der Waals surface area contributed by atoms with Crippen molar-refractivity contribution in [1.29, 1.82) is 0 Å². The molecule has 0 spiro atoms. The maximum atomic E-state index is 12.3. The molecule has 29 heavy (non-hydrogen) atoms. The van der Waals surface area contributed by atoms with Gasteiger partial charge in [-0.05, 0) is 76.0 Å². The molecule has 2 fully saturated rings. The van der Waals surface area contributed by atoms with Crippen molar-refractivity contribution < 1.29 is 19.1 Å². The van der Waals surface area contributed by atoms with Gasteiger partial charge in [0.25, 0.3) is 0 Å². The molecule has 1 atom stereocenters. The second kappa shape index (κ2) is 9.61. The van der Waals surface area contributed by atoms with Crippen LogP contribution in [0.15, 0.2) is 24.3 Å². The lowest BCUT2D eigenvalue weighted by atomic mass is 10.0. The highest BCUT2D eigenvalue weighted by molar-refractivity contribution is 5.90. The van der Waals surface area contributed by atoms with Crippen molar-refractivity contribution in [2.75, 3.05) is 25.0 Å². The summed E-state index contributed by atoms with van der Waals surface area (Å²) in [6.45, 7) is 8.40. The second-order valence-corrected chi connectivity index (χ2v) is 9.33. The van der Waals surface area contributed by atoms with Crippen molar-refractivity contribution in [1.82, 2.24) is 4.90 Å². The lowest BCUT2D eigenvalue weighted by molar-refractivity contribution is -0.116. The number of amides is 2. The van der Waals surface area contributed by atoms with Crippen molar-refractivity contribution in [3.05, 3.63) is 29.8 Å². The summed E-state index contributed by atoms with van der Waals surface area (Å²) in [6, 6.07) is 7.85. The van der Waals surface area contributed by atoms with Gasteiger partial charge in [0.2, 0.25) is 5.91 Å². The molecule has 160 valence electrons. The van der Waals surface area contributed by atoms with Crippen molar-refractivity contribution in [2.45, 2.75) is 65.1 Å². The van der Waals surface area contributed by atoms with E-state index in [1.54, 1.807) is 4.90 Å². The Labute approximate surface area is 173 Å². The lowest BCUT2D eigenvalue weighted by Gasteiger charge is -2.24. The van der Waals surface area contributed by atoms with E-state index < -0.39 is 5.60 Å². The standard InChI is InChI=1S/C23H34N2O4/c1-23(2,3)29-22(27)25-12-11-17(14-25)9-10-21(26)24-20-6-4-5-19(13-20)16-28-15-18-7-8-18/h4-6,13,17-18H,7-12,14-16H2,1-3H3,(H,24,26)/t17-/m0/s1. The van der Waals surface area contributed by atoms with E-state index in [0.29, 0.717) is 32.0 Å². The summed E-state index contributed by atoms with van der Waals surface area (Å²) in [5, 5.41) is 2.98. The summed E-state index contributed by atoms with van der Waals surface area (Å²) >= 11 is 0. The number of nitrogens with one attached hydrogen (secondary N) is 1. The first-order valence-corrected chi connectivity index (χ1v) is 10.7. The van der Waals surface area contributed by atoms with Crippen LogP contribution in [0.5, 0.6) is 0 Å². The summed E-state index contributed by atoms with van der Waals surface area (Å²) in [5.74, 6) is 1.10. The maximum absolute atomic E-state index is 12.3. The van der Waals surface area contributed by atoms with Gasteiger partial charge in [-0.1, -0.05) is 12.1 Å². The molecule has 1 saturated heterocycles. The number of ether oxygens (including phenoxy) is 2. The Kier molecular flexibility index (Phi) is 7.17. The molecule has 0 radical (unpaired) electrons. The SMILES string of the molecule is CC(C)(C)OC(=O)N1CC[C@H](CCC(=O)Nc2cccc(COCC3CC3)c2)C1. The predicted octanol–water partition coefficient (Wildman–Crippen LogP) is 4.59. The maximum Gasteiger partial charge on any atom is 0.410 e. The third-order valence-electron chi connectivity index (χ3n) is 5.25. The van der Waals surface area contributed by atoms with Gasteiger partial charge in [-0.3, -0.25) is 4.79 Å². The Bertz CT molecular complexity index is 709. The van der Waals surface area contributed by atoms with Crippen molar-refractivity contribution in [3.63, 3.8) is 0 Å². The molecule has 2 amide bonds. The fraction of sp³-hybridized carbons (Fsp3) is 0.652. The highest BCUT2D eigenvalue weighted by Gasteiger charge is 2.29. The third kappa shape index (κ3) is 7.69. The molecule has 1 aliphatic heterocycles. The average molecular weight is 403 g/mol. The first kappa shape index (κ1) is 21.6. The summed E-state index contributed by atoms with van der Waals surface area (Å²) in [7, 11) is 0. The predicted molar refractivity (Wildman–Crippen MR) is 113 cm³/mol. The Morgan fingerprint density at radius 1 is 1.17 bits per heavy atom. The molecule has 6 heteroatoms. The van der Waals surface area contributed by atoms with E-state index in [1.807, 2.05) is 45.0 Å².